The Balaban J connectivity index is 1.48. The predicted molar refractivity (Wildman–Crippen MR) is 118 cm³/mol. The van der Waals surface area contributed by atoms with Crippen molar-refractivity contribution in [3.05, 3.63) is 24.3 Å². The normalized spacial score (nSPS) is 26.8. The van der Waals surface area contributed by atoms with Gasteiger partial charge in [-0.2, -0.15) is 0 Å². The van der Waals surface area contributed by atoms with E-state index in [2.05, 4.69) is 12.2 Å². The lowest BCUT2D eigenvalue weighted by atomic mass is 9.87. The van der Waals surface area contributed by atoms with Gasteiger partial charge < -0.3 is 15.1 Å². The van der Waals surface area contributed by atoms with Gasteiger partial charge in [-0.05, 0) is 63.0 Å². The monoisotopic (exact) mass is 429 g/mol. The topological polar surface area (TPSA) is 69.7 Å². The van der Waals surface area contributed by atoms with Crippen LogP contribution in [0.3, 0.4) is 0 Å². The summed E-state index contributed by atoms with van der Waals surface area (Å²) in [5, 5.41) is 2.31. The number of thioether (sulfide) groups is 1. The molecule has 1 saturated carbocycles. The Morgan fingerprint density at radius 3 is 2.50 bits per heavy atom. The van der Waals surface area contributed by atoms with Crippen LogP contribution < -0.4 is 10.2 Å². The summed E-state index contributed by atoms with van der Waals surface area (Å²) in [6.07, 6.45) is 7.33. The van der Waals surface area contributed by atoms with Crippen molar-refractivity contribution in [2.45, 2.75) is 68.1 Å². The Labute approximate surface area is 182 Å². The maximum Gasteiger partial charge on any atom is 0.250 e. The van der Waals surface area contributed by atoms with E-state index >= 15 is 0 Å². The number of piperidine rings is 1. The number of hydrogen-bond donors (Lipinski definition) is 1. The second-order valence-electron chi connectivity index (χ2n) is 8.80. The molecule has 1 N–H and O–H groups in total. The van der Waals surface area contributed by atoms with Gasteiger partial charge in [-0.15, -0.1) is 11.8 Å². The molecule has 30 heavy (non-hydrogen) atoms. The fourth-order valence-electron chi connectivity index (χ4n) is 4.64. The first-order valence-corrected chi connectivity index (χ1v) is 12.1. The number of carbonyl (C=O) groups excluding carboxylic acids is 3. The lowest BCUT2D eigenvalue weighted by molar-refractivity contribution is -0.136. The first-order valence-electron chi connectivity index (χ1n) is 11.2. The highest BCUT2D eigenvalue weighted by molar-refractivity contribution is 8.01. The number of benzene rings is 1. The van der Waals surface area contributed by atoms with E-state index in [4.69, 9.17) is 0 Å². The van der Waals surface area contributed by atoms with Gasteiger partial charge in [0.05, 0.1) is 5.69 Å². The largest absolute Gasteiger partial charge is 0.352 e. The van der Waals surface area contributed by atoms with Gasteiger partial charge in [0.1, 0.15) is 6.54 Å². The maximum atomic E-state index is 13.3. The summed E-state index contributed by atoms with van der Waals surface area (Å²) in [6, 6.07) is 7.75. The van der Waals surface area contributed by atoms with Crippen LogP contribution >= 0.6 is 11.8 Å². The summed E-state index contributed by atoms with van der Waals surface area (Å²) in [7, 11) is 0. The number of rotatable bonds is 4. The highest BCUT2D eigenvalue weighted by Crippen LogP contribution is 2.40. The molecule has 0 bridgehead atoms. The molecule has 4 rings (SSSR count). The zero-order valence-electron chi connectivity index (χ0n) is 17.6. The van der Waals surface area contributed by atoms with Gasteiger partial charge in [-0.25, -0.2) is 0 Å². The first-order chi connectivity index (χ1) is 14.5. The number of hydrogen-bond acceptors (Lipinski definition) is 4. The molecule has 1 atom stereocenters. The SMILES string of the molecule is CC1CCC(NC(=O)CN2C(=O)[C@@H](C(=O)N3CCCCC3)Sc3ccccc32)CC1. The molecule has 3 amide bonds. The van der Waals surface area contributed by atoms with Crippen molar-refractivity contribution >= 4 is 35.2 Å². The Hall–Kier alpha value is -2.02. The Bertz CT molecular complexity index is 801. The van der Waals surface area contributed by atoms with Crippen LogP contribution in [0, 0.1) is 5.92 Å². The van der Waals surface area contributed by atoms with Crippen molar-refractivity contribution in [2.24, 2.45) is 5.92 Å². The molecule has 162 valence electrons. The third-order valence-corrected chi connectivity index (χ3v) is 7.70. The van der Waals surface area contributed by atoms with Gasteiger partial charge in [0.15, 0.2) is 5.25 Å². The van der Waals surface area contributed by atoms with Crippen LogP contribution in [-0.2, 0) is 14.4 Å². The maximum absolute atomic E-state index is 13.3. The van der Waals surface area contributed by atoms with E-state index in [-0.39, 0.29) is 30.3 Å². The molecule has 2 fully saturated rings. The minimum Gasteiger partial charge on any atom is -0.352 e. The quantitative estimate of drug-likeness (QED) is 0.747. The number of amides is 3. The molecule has 7 heteroatoms. The van der Waals surface area contributed by atoms with Crippen molar-refractivity contribution in [1.29, 1.82) is 0 Å². The molecule has 0 radical (unpaired) electrons. The van der Waals surface area contributed by atoms with E-state index in [0.717, 1.165) is 55.5 Å². The second-order valence-corrected chi connectivity index (χ2v) is 9.95. The van der Waals surface area contributed by atoms with Crippen molar-refractivity contribution in [3.63, 3.8) is 0 Å². The number of nitrogens with zero attached hydrogens (tertiary/aromatic N) is 2. The molecular weight excluding hydrogens is 398 g/mol. The van der Waals surface area contributed by atoms with Crippen LogP contribution in [-0.4, -0.2) is 53.5 Å². The van der Waals surface area contributed by atoms with E-state index in [1.807, 2.05) is 29.2 Å². The van der Waals surface area contributed by atoms with E-state index in [1.54, 1.807) is 0 Å². The highest BCUT2D eigenvalue weighted by atomic mass is 32.2. The Morgan fingerprint density at radius 2 is 1.77 bits per heavy atom. The van der Waals surface area contributed by atoms with E-state index < -0.39 is 5.25 Å². The van der Waals surface area contributed by atoms with Crippen LogP contribution in [0.2, 0.25) is 0 Å². The third-order valence-electron chi connectivity index (χ3n) is 6.47. The molecule has 1 aliphatic carbocycles. The zero-order chi connectivity index (χ0) is 21.1. The van der Waals surface area contributed by atoms with Crippen molar-refractivity contribution < 1.29 is 14.4 Å². The minimum atomic E-state index is -0.804. The van der Waals surface area contributed by atoms with Gasteiger partial charge in [-0.1, -0.05) is 19.1 Å². The first kappa shape index (κ1) is 21.2. The molecule has 0 aromatic heterocycles. The van der Waals surface area contributed by atoms with Crippen LogP contribution in [0.5, 0.6) is 0 Å². The molecule has 1 saturated heterocycles. The van der Waals surface area contributed by atoms with Gasteiger partial charge in [0.25, 0.3) is 5.91 Å². The summed E-state index contributed by atoms with van der Waals surface area (Å²) < 4.78 is 0. The molecule has 1 aromatic carbocycles. The fraction of sp³-hybridized carbons (Fsp3) is 0.609. The zero-order valence-corrected chi connectivity index (χ0v) is 18.5. The smallest absolute Gasteiger partial charge is 0.250 e. The van der Waals surface area contributed by atoms with Crippen LogP contribution in [0.1, 0.15) is 51.9 Å². The third kappa shape index (κ3) is 4.66. The summed E-state index contributed by atoms with van der Waals surface area (Å²) in [4.78, 5) is 43.4. The van der Waals surface area contributed by atoms with E-state index in [1.165, 1.54) is 16.7 Å². The lowest BCUT2D eigenvalue weighted by Crippen LogP contribution is -2.53. The molecule has 6 nitrogen and oxygen atoms in total. The van der Waals surface area contributed by atoms with E-state index in [0.29, 0.717) is 19.0 Å². The standard InChI is InChI=1S/C23H31N3O3S/c1-16-9-11-17(12-10-16)24-20(27)15-26-18-7-3-4-8-19(18)30-21(23(26)29)22(28)25-13-5-2-6-14-25/h3-4,7-8,16-17,21H,2,5-6,9-15H2,1H3,(H,24,27)/t16?,17?,21-/m1/s1. The van der Waals surface area contributed by atoms with Crippen molar-refractivity contribution in [1.82, 2.24) is 10.2 Å². The average molecular weight is 430 g/mol. The summed E-state index contributed by atoms with van der Waals surface area (Å²) in [5.41, 5.74) is 0.725. The summed E-state index contributed by atoms with van der Waals surface area (Å²) in [6.45, 7) is 3.64. The second kappa shape index (κ2) is 9.41. The van der Waals surface area contributed by atoms with Gasteiger partial charge >= 0.3 is 0 Å². The Morgan fingerprint density at radius 1 is 1.07 bits per heavy atom. The number of nitrogens with one attached hydrogen (secondary N) is 1. The van der Waals surface area contributed by atoms with Crippen molar-refractivity contribution in [2.75, 3.05) is 24.5 Å². The van der Waals surface area contributed by atoms with Crippen molar-refractivity contribution in [3.8, 4) is 0 Å². The minimum absolute atomic E-state index is 0.0355. The van der Waals surface area contributed by atoms with Gasteiger partial charge in [0, 0.05) is 24.0 Å². The predicted octanol–water partition coefficient (Wildman–Crippen LogP) is 3.20. The lowest BCUT2D eigenvalue weighted by Gasteiger charge is -2.36. The molecule has 2 aliphatic heterocycles. The Kier molecular flexibility index (Phi) is 6.66. The summed E-state index contributed by atoms with van der Waals surface area (Å²) >= 11 is 1.32. The summed E-state index contributed by atoms with van der Waals surface area (Å²) in [5.74, 6) is 0.175. The highest BCUT2D eigenvalue weighted by Gasteiger charge is 2.41. The van der Waals surface area contributed by atoms with Gasteiger partial charge in [-0.3, -0.25) is 14.4 Å². The van der Waals surface area contributed by atoms with Crippen LogP contribution in [0.15, 0.2) is 29.2 Å². The molecule has 1 aromatic rings. The molecular formula is C23H31N3O3S. The molecule has 0 unspecified atom stereocenters. The van der Waals surface area contributed by atoms with Crippen LogP contribution in [0.4, 0.5) is 5.69 Å². The molecule has 0 spiro atoms. The van der Waals surface area contributed by atoms with Crippen LogP contribution in [0.25, 0.3) is 0 Å². The number of para-hydroxylation sites is 1. The van der Waals surface area contributed by atoms with Gasteiger partial charge in [0.2, 0.25) is 11.8 Å². The number of likely N-dealkylation sites (tertiary alicyclic amines) is 1. The fourth-order valence-corrected chi connectivity index (χ4v) is 5.83. The number of fused-ring (bicyclic) bond motifs is 1. The number of carbonyl (C=O) groups is 3. The number of anilines is 1. The average Bonchev–Trinajstić information content (AvgIpc) is 2.77. The molecule has 2 heterocycles. The van der Waals surface area contributed by atoms with E-state index in [9.17, 15) is 14.4 Å². The molecule has 3 aliphatic rings.